The van der Waals surface area contributed by atoms with Gasteiger partial charge in [0.25, 0.3) is 0 Å². The van der Waals surface area contributed by atoms with Gasteiger partial charge in [-0.3, -0.25) is 4.79 Å². The van der Waals surface area contributed by atoms with Crippen molar-refractivity contribution in [2.75, 3.05) is 0 Å². The number of pyridine rings is 1. The van der Waals surface area contributed by atoms with Crippen LogP contribution in [0.5, 0.6) is 0 Å². The maximum absolute atomic E-state index is 12.9. The van der Waals surface area contributed by atoms with Crippen LogP contribution in [0.1, 0.15) is 53.0 Å². The summed E-state index contributed by atoms with van der Waals surface area (Å²) in [6, 6.07) is 25.3. The average Bonchev–Trinajstić information content (AvgIpc) is 2.81. The molecule has 0 saturated heterocycles. The first-order valence-corrected chi connectivity index (χ1v) is 11.8. The van der Waals surface area contributed by atoms with Gasteiger partial charge in [-0.1, -0.05) is 72.3 Å². The Hall–Kier alpha value is -3.27. The minimum atomic E-state index is -0.785. The van der Waals surface area contributed by atoms with Gasteiger partial charge in [0.05, 0.1) is 16.8 Å². The van der Waals surface area contributed by atoms with E-state index in [-0.39, 0.29) is 5.78 Å². The Morgan fingerprint density at radius 3 is 2.50 bits per heavy atom. The Morgan fingerprint density at radius 2 is 1.71 bits per heavy atom. The lowest BCUT2D eigenvalue weighted by Crippen LogP contribution is -2.22. The van der Waals surface area contributed by atoms with Crippen LogP contribution < -0.4 is 0 Å². The number of hydrogen-bond donors (Lipinski definition) is 1. The summed E-state index contributed by atoms with van der Waals surface area (Å²) in [6.07, 6.45) is 5.54. The van der Waals surface area contributed by atoms with Crippen LogP contribution in [-0.2, 0) is 12.8 Å². The van der Waals surface area contributed by atoms with E-state index in [1.807, 2.05) is 91.0 Å². The van der Waals surface area contributed by atoms with Crippen LogP contribution in [0.15, 0.2) is 78.9 Å². The van der Waals surface area contributed by atoms with Gasteiger partial charge in [-0.25, -0.2) is 4.98 Å². The lowest BCUT2D eigenvalue weighted by atomic mass is 9.92. The Morgan fingerprint density at radius 1 is 0.941 bits per heavy atom. The minimum absolute atomic E-state index is 0.104. The molecule has 1 heterocycles. The van der Waals surface area contributed by atoms with Gasteiger partial charge in [0.15, 0.2) is 5.78 Å². The summed E-state index contributed by atoms with van der Waals surface area (Å²) in [5, 5.41) is 11.9. The minimum Gasteiger partial charge on any atom is -0.390 e. The van der Waals surface area contributed by atoms with Crippen molar-refractivity contribution < 1.29 is 9.90 Å². The van der Waals surface area contributed by atoms with Gasteiger partial charge >= 0.3 is 0 Å². The van der Waals surface area contributed by atoms with Crippen molar-refractivity contribution in [2.24, 2.45) is 0 Å². The smallest absolute Gasteiger partial charge is 0.163 e. The first-order chi connectivity index (χ1) is 16.3. The van der Waals surface area contributed by atoms with E-state index in [9.17, 15) is 9.90 Å². The summed E-state index contributed by atoms with van der Waals surface area (Å²) in [4.78, 5) is 17.6. The third kappa shape index (κ3) is 6.40. The summed E-state index contributed by atoms with van der Waals surface area (Å²) >= 11 is 6.09. The molecule has 0 aliphatic carbocycles. The number of halogens is 1. The monoisotopic (exact) mass is 469 g/mol. The van der Waals surface area contributed by atoms with Crippen LogP contribution >= 0.6 is 11.6 Å². The second-order valence-corrected chi connectivity index (χ2v) is 9.65. The quantitative estimate of drug-likeness (QED) is 0.278. The van der Waals surface area contributed by atoms with Gasteiger partial charge in [0.1, 0.15) is 0 Å². The fraction of sp³-hybridized carbons (Fsp3) is 0.200. The number of hydrogen-bond acceptors (Lipinski definition) is 3. The Labute approximate surface area is 205 Å². The third-order valence-electron chi connectivity index (χ3n) is 5.69. The molecule has 1 aromatic heterocycles. The van der Waals surface area contributed by atoms with Gasteiger partial charge in [-0.05, 0) is 67.3 Å². The van der Waals surface area contributed by atoms with Crippen LogP contribution in [-0.4, -0.2) is 21.5 Å². The first-order valence-electron chi connectivity index (χ1n) is 11.4. The van der Waals surface area contributed by atoms with Gasteiger partial charge < -0.3 is 5.11 Å². The van der Waals surface area contributed by atoms with E-state index in [1.54, 1.807) is 13.8 Å². The summed E-state index contributed by atoms with van der Waals surface area (Å²) in [5.41, 5.74) is 4.73. The van der Waals surface area contributed by atoms with E-state index in [0.29, 0.717) is 29.8 Å². The zero-order valence-electron chi connectivity index (χ0n) is 19.5. The van der Waals surface area contributed by atoms with Crippen molar-refractivity contribution in [2.45, 2.75) is 38.7 Å². The van der Waals surface area contributed by atoms with Crippen molar-refractivity contribution >= 4 is 40.4 Å². The zero-order chi connectivity index (χ0) is 24.1. The highest BCUT2D eigenvalue weighted by molar-refractivity contribution is 6.31. The molecule has 3 aromatic carbocycles. The molecule has 1 N–H and O–H groups in total. The molecule has 0 radical (unpaired) electrons. The molecule has 0 spiro atoms. The number of nitrogens with zero attached hydrogens (tertiary/aromatic N) is 1. The summed E-state index contributed by atoms with van der Waals surface area (Å²) < 4.78 is 0. The maximum Gasteiger partial charge on any atom is 0.163 e. The molecule has 0 aliphatic heterocycles. The number of carbonyl (C=O) groups is 1. The predicted molar refractivity (Wildman–Crippen MR) is 141 cm³/mol. The number of fused-ring (bicyclic) bond motifs is 1. The Balaban J connectivity index is 1.45. The standard InChI is InChI=1S/C30H28ClNO2/c1-30(2,34)20-25-8-4-3-7-22(25)13-17-29(33)24-9-5-6-21(18-24)10-15-27-16-12-23-11-14-26(31)19-28(23)32-27/h3-12,14-16,18-19,34H,13,17,20H2,1-2H3. The summed E-state index contributed by atoms with van der Waals surface area (Å²) in [7, 11) is 0. The number of aromatic nitrogens is 1. The number of Topliss-reactive ketones (excluding diaryl/α,β-unsaturated/α-hetero) is 1. The molecule has 172 valence electrons. The molecular formula is C30H28ClNO2. The molecule has 0 aliphatic rings. The van der Waals surface area contributed by atoms with Crippen molar-refractivity contribution in [1.82, 2.24) is 4.98 Å². The molecule has 4 rings (SSSR count). The highest BCUT2D eigenvalue weighted by atomic mass is 35.5. The SMILES string of the molecule is CC(C)(O)Cc1ccccc1CCC(=O)c1cccc(C=Cc2ccc3ccc(Cl)cc3n2)c1. The topological polar surface area (TPSA) is 50.2 Å². The molecule has 0 fully saturated rings. The lowest BCUT2D eigenvalue weighted by molar-refractivity contribution is 0.0808. The van der Waals surface area contributed by atoms with Gasteiger partial charge in [0, 0.05) is 28.8 Å². The molecule has 34 heavy (non-hydrogen) atoms. The normalized spacial score (nSPS) is 11.9. The van der Waals surface area contributed by atoms with Gasteiger partial charge in [-0.15, -0.1) is 0 Å². The molecule has 0 amide bonds. The van der Waals surface area contributed by atoms with Crippen LogP contribution in [0.3, 0.4) is 0 Å². The molecule has 0 saturated carbocycles. The first kappa shape index (κ1) is 23.9. The molecular weight excluding hydrogens is 442 g/mol. The number of ketones is 1. The fourth-order valence-corrected chi connectivity index (χ4v) is 4.20. The average molecular weight is 470 g/mol. The zero-order valence-corrected chi connectivity index (χ0v) is 20.2. The second-order valence-electron chi connectivity index (χ2n) is 9.21. The van der Waals surface area contributed by atoms with Crippen molar-refractivity contribution in [3.05, 3.63) is 112 Å². The van der Waals surface area contributed by atoms with Crippen molar-refractivity contribution in [3.63, 3.8) is 0 Å². The van der Waals surface area contributed by atoms with Crippen molar-refractivity contribution in [1.29, 1.82) is 0 Å². The van der Waals surface area contributed by atoms with Gasteiger partial charge in [-0.2, -0.15) is 0 Å². The molecule has 4 aromatic rings. The molecule has 0 unspecified atom stereocenters. The number of rotatable bonds is 8. The van der Waals surface area contributed by atoms with Crippen LogP contribution in [0.4, 0.5) is 0 Å². The molecule has 3 nitrogen and oxygen atoms in total. The number of aliphatic hydroxyl groups is 1. The fourth-order valence-electron chi connectivity index (χ4n) is 4.03. The molecule has 4 heteroatoms. The van der Waals surface area contributed by atoms with E-state index in [2.05, 4.69) is 4.98 Å². The van der Waals surface area contributed by atoms with Gasteiger partial charge in [0.2, 0.25) is 0 Å². The van der Waals surface area contributed by atoms with Crippen molar-refractivity contribution in [3.8, 4) is 0 Å². The maximum atomic E-state index is 12.9. The van der Waals surface area contributed by atoms with E-state index in [1.165, 1.54) is 0 Å². The van der Waals surface area contributed by atoms with E-state index < -0.39 is 5.60 Å². The molecule has 0 bridgehead atoms. The number of carbonyl (C=O) groups excluding carboxylic acids is 1. The summed E-state index contributed by atoms with van der Waals surface area (Å²) in [5.74, 6) is 0.104. The Bertz CT molecular complexity index is 1350. The molecule has 0 atom stereocenters. The summed E-state index contributed by atoms with van der Waals surface area (Å²) in [6.45, 7) is 3.60. The number of aryl methyl sites for hydroxylation is 1. The lowest BCUT2D eigenvalue weighted by Gasteiger charge is -2.19. The second kappa shape index (κ2) is 10.3. The highest BCUT2D eigenvalue weighted by Gasteiger charge is 2.16. The third-order valence-corrected chi connectivity index (χ3v) is 5.93. The van der Waals surface area contributed by atoms with Crippen LogP contribution in [0.25, 0.3) is 23.1 Å². The van der Waals surface area contributed by atoms with Crippen LogP contribution in [0, 0.1) is 0 Å². The highest BCUT2D eigenvalue weighted by Crippen LogP contribution is 2.21. The largest absolute Gasteiger partial charge is 0.390 e. The van der Waals surface area contributed by atoms with E-state index in [4.69, 9.17) is 11.6 Å². The number of benzene rings is 3. The van der Waals surface area contributed by atoms with E-state index >= 15 is 0 Å². The predicted octanol–water partition coefficient (Wildman–Crippen LogP) is 7.19. The van der Waals surface area contributed by atoms with E-state index in [0.717, 1.165) is 33.3 Å². The Kier molecular flexibility index (Phi) is 7.26. The van der Waals surface area contributed by atoms with Crippen LogP contribution in [0.2, 0.25) is 5.02 Å².